The number of aromatic nitrogens is 1. The molecule has 1 unspecified atom stereocenters. The minimum absolute atomic E-state index is 0.213. The lowest BCUT2D eigenvalue weighted by Gasteiger charge is -2.23. The van der Waals surface area contributed by atoms with Crippen LogP contribution in [0.15, 0.2) is 27.3 Å². The quantitative estimate of drug-likeness (QED) is 0.860. The molecular weight excluding hydrogens is 338 g/mol. The van der Waals surface area contributed by atoms with Gasteiger partial charge in [0.15, 0.2) is 10.4 Å². The highest BCUT2D eigenvalue weighted by atomic mass is 79.9. The Morgan fingerprint density at radius 1 is 1.43 bits per heavy atom. The molecule has 2 aromatic rings. The van der Waals surface area contributed by atoms with E-state index >= 15 is 0 Å². The van der Waals surface area contributed by atoms with E-state index in [0.29, 0.717) is 29.0 Å². The van der Waals surface area contributed by atoms with Crippen LogP contribution in [0.5, 0.6) is 0 Å². The van der Waals surface area contributed by atoms with E-state index in [1.54, 1.807) is 12.1 Å². The molecule has 2 aromatic heterocycles. The van der Waals surface area contributed by atoms with Crippen LogP contribution in [0.4, 0.5) is 0 Å². The number of ketones is 1. The number of carboxylic acid groups (broad SMARTS) is 1. The summed E-state index contributed by atoms with van der Waals surface area (Å²) in [7, 11) is 0. The number of rotatable bonds is 3. The summed E-state index contributed by atoms with van der Waals surface area (Å²) >= 11 is 3.18. The molecule has 6 heteroatoms. The van der Waals surface area contributed by atoms with Crippen LogP contribution in [-0.2, 0) is 11.3 Å². The molecule has 1 atom stereocenters. The topological polar surface area (TPSA) is 72.4 Å². The largest absolute Gasteiger partial charge is 0.481 e. The monoisotopic (exact) mass is 351 g/mol. The molecule has 0 fully saturated rings. The Morgan fingerprint density at radius 3 is 2.81 bits per heavy atom. The molecule has 0 radical (unpaired) electrons. The second kappa shape index (κ2) is 5.18. The Morgan fingerprint density at radius 2 is 2.19 bits per heavy atom. The highest BCUT2D eigenvalue weighted by Gasteiger charge is 2.31. The Labute approximate surface area is 129 Å². The van der Waals surface area contributed by atoms with Crippen molar-refractivity contribution in [2.75, 3.05) is 0 Å². The first-order valence-corrected chi connectivity index (χ1v) is 7.51. The van der Waals surface area contributed by atoms with E-state index in [2.05, 4.69) is 15.9 Å². The predicted molar refractivity (Wildman–Crippen MR) is 78.6 cm³/mol. The number of hydrogen-bond donors (Lipinski definition) is 1. The molecule has 0 saturated heterocycles. The maximum Gasteiger partial charge on any atom is 0.312 e. The molecule has 0 amide bonds. The number of aryl methyl sites for hydroxylation is 1. The number of aliphatic carboxylic acids is 1. The van der Waals surface area contributed by atoms with E-state index < -0.39 is 11.9 Å². The molecule has 0 bridgehead atoms. The average molecular weight is 352 g/mol. The van der Waals surface area contributed by atoms with Gasteiger partial charge in [0.1, 0.15) is 0 Å². The zero-order valence-corrected chi connectivity index (χ0v) is 13.0. The third kappa shape index (κ3) is 2.33. The smallest absolute Gasteiger partial charge is 0.312 e. The fraction of sp³-hybridized carbons (Fsp3) is 0.333. The highest BCUT2D eigenvalue weighted by molar-refractivity contribution is 9.10. The molecule has 1 N–H and O–H groups in total. The first-order chi connectivity index (χ1) is 9.99. The van der Waals surface area contributed by atoms with Crippen molar-refractivity contribution in [1.82, 2.24) is 4.57 Å². The van der Waals surface area contributed by atoms with Crippen LogP contribution in [0, 0.1) is 6.92 Å². The average Bonchev–Trinajstić information content (AvgIpc) is 3.00. The van der Waals surface area contributed by atoms with Crippen molar-refractivity contribution in [3.05, 3.63) is 45.6 Å². The first-order valence-electron chi connectivity index (χ1n) is 6.72. The van der Waals surface area contributed by atoms with Crippen LogP contribution in [0.1, 0.15) is 46.3 Å². The Hall–Kier alpha value is -1.82. The summed E-state index contributed by atoms with van der Waals surface area (Å²) in [5.41, 5.74) is 2.02. The van der Waals surface area contributed by atoms with Crippen LogP contribution >= 0.6 is 15.9 Å². The number of fused-ring (bicyclic) bond motifs is 1. The van der Waals surface area contributed by atoms with Crippen LogP contribution in [0.25, 0.3) is 0 Å². The fourth-order valence-electron chi connectivity index (χ4n) is 2.95. The van der Waals surface area contributed by atoms with Crippen molar-refractivity contribution in [2.45, 2.75) is 32.2 Å². The molecular formula is C15H14BrNO4. The molecule has 0 saturated carbocycles. The van der Waals surface area contributed by atoms with Crippen molar-refractivity contribution in [2.24, 2.45) is 0 Å². The maximum atomic E-state index is 12.6. The Bertz CT molecular complexity index is 728. The second-order valence-corrected chi connectivity index (χ2v) is 6.00. The number of carbonyl (C=O) groups excluding carboxylic acids is 1. The van der Waals surface area contributed by atoms with Crippen molar-refractivity contribution in [1.29, 1.82) is 0 Å². The Balaban J connectivity index is 2.08. The predicted octanol–water partition coefficient (Wildman–Crippen LogP) is 3.35. The van der Waals surface area contributed by atoms with Gasteiger partial charge in [-0.1, -0.05) is 0 Å². The summed E-state index contributed by atoms with van der Waals surface area (Å²) in [4.78, 5) is 24.0. The summed E-state index contributed by atoms with van der Waals surface area (Å²) in [5, 5.41) is 9.32. The molecule has 21 heavy (non-hydrogen) atoms. The minimum atomic E-state index is -0.840. The van der Waals surface area contributed by atoms with E-state index in [-0.39, 0.29) is 11.5 Å². The van der Waals surface area contributed by atoms with Gasteiger partial charge in [0.2, 0.25) is 5.78 Å². The van der Waals surface area contributed by atoms with Crippen molar-refractivity contribution < 1.29 is 19.1 Å². The lowest BCUT2D eigenvalue weighted by atomic mass is 9.96. The third-order valence-electron chi connectivity index (χ3n) is 3.86. The van der Waals surface area contributed by atoms with E-state index in [0.717, 1.165) is 12.0 Å². The van der Waals surface area contributed by atoms with Crippen molar-refractivity contribution in [3.63, 3.8) is 0 Å². The van der Waals surface area contributed by atoms with Gasteiger partial charge in [-0.05, 0) is 59.5 Å². The van der Waals surface area contributed by atoms with Gasteiger partial charge in [-0.3, -0.25) is 9.59 Å². The molecule has 3 rings (SSSR count). The number of furan rings is 1. The first kappa shape index (κ1) is 14.1. The summed E-state index contributed by atoms with van der Waals surface area (Å²) in [6.45, 7) is 2.49. The van der Waals surface area contributed by atoms with Crippen LogP contribution in [0.3, 0.4) is 0 Å². The van der Waals surface area contributed by atoms with Gasteiger partial charge in [0.25, 0.3) is 0 Å². The molecule has 3 heterocycles. The third-order valence-corrected chi connectivity index (χ3v) is 4.29. The lowest BCUT2D eigenvalue weighted by Crippen LogP contribution is -2.23. The van der Waals surface area contributed by atoms with Gasteiger partial charge < -0.3 is 14.1 Å². The van der Waals surface area contributed by atoms with Crippen LogP contribution in [0.2, 0.25) is 0 Å². The molecule has 5 nitrogen and oxygen atoms in total. The summed E-state index contributed by atoms with van der Waals surface area (Å²) in [6, 6.07) is 5.09. The number of carbonyl (C=O) groups is 2. The summed E-state index contributed by atoms with van der Waals surface area (Å²) < 4.78 is 7.65. The van der Waals surface area contributed by atoms with Gasteiger partial charge in [0.05, 0.1) is 11.6 Å². The zero-order chi connectivity index (χ0) is 15.1. The molecule has 0 aliphatic carbocycles. The Kier molecular flexibility index (Phi) is 3.49. The lowest BCUT2D eigenvalue weighted by molar-refractivity contribution is -0.139. The molecule has 0 aromatic carbocycles. The van der Waals surface area contributed by atoms with Gasteiger partial charge in [-0.15, -0.1) is 0 Å². The van der Waals surface area contributed by atoms with E-state index in [4.69, 9.17) is 4.42 Å². The SMILES string of the molecule is Cc1cc2n(c1C(=O)c1ccc(Br)o1)CCCC2C(=O)O. The van der Waals surface area contributed by atoms with Gasteiger partial charge in [-0.2, -0.15) is 0 Å². The molecule has 110 valence electrons. The zero-order valence-electron chi connectivity index (χ0n) is 11.4. The van der Waals surface area contributed by atoms with Crippen LogP contribution in [-0.4, -0.2) is 21.4 Å². The summed E-state index contributed by atoms with van der Waals surface area (Å²) in [6.07, 6.45) is 1.36. The normalized spacial score (nSPS) is 17.5. The fourth-order valence-corrected chi connectivity index (χ4v) is 3.25. The molecule has 1 aliphatic heterocycles. The standard InChI is InChI=1S/C15H14BrNO4/c1-8-7-10-9(15(19)20)3-2-6-17(10)13(8)14(18)11-4-5-12(16)21-11/h4-5,7,9H,2-3,6H2,1H3,(H,19,20). The minimum Gasteiger partial charge on any atom is -0.481 e. The van der Waals surface area contributed by atoms with Crippen molar-refractivity contribution >= 4 is 27.7 Å². The number of carboxylic acids is 1. The maximum absolute atomic E-state index is 12.6. The van der Waals surface area contributed by atoms with Gasteiger partial charge in [-0.25, -0.2) is 0 Å². The number of halogens is 1. The van der Waals surface area contributed by atoms with Gasteiger partial charge >= 0.3 is 5.97 Å². The number of nitrogens with zero attached hydrogens (tertiary/aromatic N) is 1. The summed E-state index contributed by atoms with van der Waals surface area (Å²) in [5.74, 6) is -1.34. The molecule has 0 spiro atoms. The highest BCUT2D eigenvalue weighted by Crippen LogP contribution is 2.33. The van der Waals surface area contributed by atoms with E-state index in [9.17, 15) is 14.7 Å². The number of hydrogen-bond acceptors (Lipinski definition) is 3. The van der Waals surface area contributed by atoms with Crippen LogP contribution < -0.4 is 0 Å². The van der Waals surface area contributed by atoms with Crippen molar-refractivity contribution in [3.8, 4) is 0 Å². The van der Waals surface area contributed by atoms with E-state index in [1.807, 2.05) is 17.6 Å². The van der Waals surface area contributed by atoms with E-state index in [1.165, 1.54) is 0 Å². The van der Waals surface area contributed by atoms with Gasteiger partial charge in [0, 0.05) is 12.2 Å². The second-order valence-electron chi connectivity index (χ2n) is 5.22. The molecule has 1 aliphatic rings.